The van der Waals surface area contributed by atoms with Crippen LogP contribution in [0.4, 0.5) is 0 Å². The van der Waals surface area contributed by atoms with Crippen molar-refractivity contribution >= 4 is 40.7 Å². The van der Waals surface area contributed by atoms with E-state index >= 15 is 0 Å². The molecule has 2 amide bonds. The molecule has 0 aliphatic carbocycles. The number of fused-ring (bicyclic) bond motifs is 1. The number of nitrogens with zero attached hydrogens (tertiary/aromatic N) is 3. The Bertz CT molecular complexity index is 1310. The van der Waals surface area contributed by atoms with Crippen LogP contribution in [-0.2, 0) is 17.9 Å². The first-order valence-electron chi connectivity index (χ1n) is 10.5. The van der Waals surface area contributed by atoms with Gasteiger partial charge >= 0.3 is 0 Å². The van der Waals surface area contributed by atoms with Crippen LogP contribution in [0, 0.1) is 5.41 Å². The smallest absolute Gasteiger partial charge is 0.265 e. The van der Waals surface area contributed by atoms with Gasteiger partial charge in [-0.2, -0.15) is 0 Å². The van der Waals surface area contributed by atoms with Crippen molar-refractivity contribution in [2.45, 2.75) is 26.9 Å². The first-order valence-corrected chi connectivity index (χ1v) is 10.8. The molecule has 3 heterocycles. The van der Waals surface area contributed by atoms with E-state index < -0.39 is 11.5 Å². The number of carbonyl (C=O) groups is 3. The van der Waals surface area contributed by atoms with E-state index in [9.17, 15) is 19.2 Å². The predicted octanol–water partition coefficient (Wildman–Crippen LogP) is 2.66. The quantitative estimate of drug-likeness (QED) is 0.563. The normalized spacial score (nSPS) is 14.6. The number of halogens is 1. The van der Waals surface area contributed by atoms with Crippen molar-refractivity contribution in [3.63, 3.8) is 0 Å². The second-order valence-corrected chi connectivity index (χ2v) is 9.36. The zero-order chi connectivity index (χ0) is 23.8. The Balaban J connectivity index is 1.69. The highest BCUT2D eigenvalue weighted by Crippen LogP contribution is 2.28. The Labute approximate surface area is 195 Å². The molecule has 1 aliphatic heterocycles. The monoisotopic (exact) mass is 466 g/mol. The highest BCUT2D eigenvalue weighted by Gasteiger charge is 2.37. The maximum atomic E-state index is 13.3. The summed E-state index contributed by atoms with van der Waals surface area (Å²) in [6.07, 6.45) is 2.04. The Morgan fingerprint density at radius 1 is 1.18 bits per heavy atom. The molecule has 0 unspecified atom stereocenters. The summed E-state index contributed by atoms with van der Waals surface area (Å²) in [6.45, 7) is 5.21. The molecule has 170 valence electrons. The number of hydrogen-bond acceptors (Lipinski definition) is 5. The van der Waals surface area contributed by atoms with Crippen molar-refractivity contribution in [3.05, 3.63) is 74.7 Å². The van der Waals surface area contributed by atoms with Crippen molar-refractivity contribution in [1.29, 1.82) is 0 Å². The van der Waals surface area contributed by atoms with Gasteiger partial charge in [0.2, 0.25) is 5.91 Å². The second-order valence-electron chi connectivity index (χ2n) is 8.93. The van der Waals surface area contributed by atoms with Crippen LogP contribution in [0.15, 0.2) is 47.4 Å². The topological polar surface area (TPSA) is 101 Å². The van der Waals surface area contributed by atoms with Crippen LogP contribution in [0.3, 0.4) is 0 Å². The van der Waals surface area contributed by atoms with E-state index in [-0.39, 0.29) is 41.2 Å². The highest BCUT2D eigenvalue weighted by molar-refractivity contribution is 6.30. The summed E-state index contributed by atoms with van der Waals surface area (Å²) in [6, 6.07) is 9.80. The van der Waals surface area contributed by atoms with E-state index in [1.807, 2.05) is 0 Å². The van der Waals surface area contributed by atoms with E-state index in [0.717, 1.165) is 5.56 Å². The second kappa shape index (κ2) is 8.78. The number of likely N-dealkylation sites (tertiary alicyclic amines) is 1. The Morgan fingerprint density at radius 3 is 2.52 bits per heavy atom. The number of amides is 2. The lowest BCUT2D eigenvalue weighted by Gasteiger charge is -2.45. The molecule has 1 N–H and O–H groups in total. The van der Waals surface area contributed by atoms with Crippen molar-refractivity contribution in [3.8, 4) is 0 Å². The lowest BCUT2D eigenvalue weighted by molar-refractivity contribution is -0.142. The summed E-state index contributed by atoms with van der Waals surface area (Å²) >= 11 is 5.89. The summed E-state index contributed by atoms with van der Waals surface area (Å²) < 4.78 is 1.17. The summed E-state index contributed by atoms with van der Waals surface area (Å²) in [4.78, 5) is 56.5. The fourth-order valence-corrected chi connectivity index (χ4v) is 4.10. The number of nitrogens with one attached hydrogen (secondary N) is 1. The van der Waals surface area contributed by atoms with Crippen molar-refractivity contribution in [2.24, 2.45) is 5.41 Å². The number of hydrogen-bond donors (Lipinski definition) is 1. The van der Waals surface area contributed by atoms with E-state index in [2.05, 4.69) is 24.1 Å². The zero-order valence-corrected chi connectivity index (χ0v) is 19.1. The highest BCUT2D eigenvalue weighted by atomic mass is 35.5. The number of aromatic nitrogens is 2. The molecular formula is C24H23ClN4O4. The van der Waals surface area contributed by atoms with Gasteiger partial charge in [0.1, 0.15) is 17.8 Å². The lowest BCUT2D eigenvalue weighted by Crippen LogP contribution is -2.56. The molecule has 0 atom stereocenters. The van der Waals surface area contributed by atoms with Crippen LogP contribution in [0.25, 0.3) is 11.0 Å². The van der Waals surface area contributed by atoms with E-state index in [1.165, 1.54) is 22.9 Å². The summed E-state index contributed by atoms with van der Waals surface area (Å²) in [7, 11) is 0. The molecule has 2 aromatic heterocycles. The minimum Gasteiger partial charge on any atom is -0.348 e. The number of rotatable bonds is 6. The fraction of sp³-hybridized carbons (Fsp3) is 0.292. The van der Waals surface area contributed by atoms with Crippen molar-refractivity contribution in [2.75, 3.05) is 13.1 Å². The van der Waals surface area contributed by atoms with Gasteiger partial charge in [0.25, 0.3) is 11.5 Å². The first-order chi connectivity index (χ1) is 15.7. The van der Waals surface area contributed by atoms with Crippen LogP contribution in [0.2, 0.25) is 5.02 Å². The molecule has 1 fully saturated rings. The molecule has 9 heteroatoms. The zero-order valence-electron chi connectivity index (χ0n) is 18.3. The van der Waals surface area contributed by atoms with Gasteiger partial charge in [-0.05, 0) is 35.2 Å². The average molecular weight is 467 g/mol. The van der Waals surface area contributed by atoms with Crippen LogP contribution >= 0.6 is 11.6 Å². The van der Waals surface area contributed by atoms with Gasteiger partial charge in [-0.3, -0.25) is 23.7 Å². The third kappa shape index (κ3) is 4.66. The first kappa shape index (κ1) is 22.7. The SMILES string of the molecule is CC1(C)CN(C(=O)Cn2c(=O)c(C(=O)NCc3ccc(Cl)cc3)cc3c(C=O)ccnc32)C1. The van der Waals surface area contributed by atoms with E-state index in [0.29, 0.717) is 29.8 Å². The molecule has 1 saturated heterocycles. The fourth-order valence-electron chi connectivity index (χ4n) is 3.98. The Morgan fingerprint density at radius 2 is 1.88 bits per heavy atom. The van der Waals surface area contributed by atoms with Crippen LogP contribution in [0.5, 0.6) is 0 Å². The van der Waals surface area contributed by atoms with E-state index in [4.69, 9.17) is 11.6 Å². The number of carbonyl (C=O) groups excluding carboxylic acids is 3. The molecule has 0 bridgehead atoms. The molecule has 8 nitrogen and oxygen atoms in total. The van der Waals surface area contributed by atoms with Gasteiger partial charge < -0.3 is 10.2 Å². The summed E-state index contributed by atoms with van der Waals surface area (Å²) in [5.74, 6) is -0.849. The van der Waals surface area contributed by atoms with Gasteiger partial charge in [-0.15, -0.1) is 0 Å². The van der Waals surface area contributed by atoms with Gasteiger partial charge in [0.05, 0.1) is 0 Å². The molecule has 33 heavy (non-hydrogen) atoms. The summed E-state index contributed by atoms with van der Waals surface area (Å²) in [5.41, 5.74) is 0.503. The maximum Gasteiger partial charge on any atom is 0.265 e. The minimum atomic E-state index is -0.639. The molecular weight excluding hydrogens is 444 g/mol. The Hall–Kier alpha value is -3.52. The third-order valence-corrected chi connectivity index (χ3v) is 5.90. The summed E-state index contributed by atoms with van der Waals surface area (Å²) in [5, 5.41) is 3.62. The standard InChI is InChI=1S/C24H23ClN4O4/c1-24(2)13-28(14-24)20(31)11-29-21-18(16(12-30)7-8-26-21)9-19(23(29)33)22(32)27-10-15-3-5-17(25)6-4-15/h3-9,12H,10-11,13-14H2,1-2H3,(H,27,32). The molecule has 0 spiro atoms. The van der Waals surface area contributed by atoms with Gasteiger partial charge in [-0.1, -0.05) is 37.6 Å². The van der Waals surface area contributed by atoms with Gasteiger partial charge in [-0.25, -0.2) is 4.98 Å². The van der Waals surface area contributed by atoms with Crippen LogP contribution in [0.1, 0.15) is 40.1 Å². The largest absolute Gasteiger partial charge is 0.348 e. The number of pyridine rings is 2. The van der Waals surface area contributed by atoms with Gasteiger partial charge in [0.15, 0.2) is 6.29 Å². The maximum absolute atomic E-state index is 13.3. The van der Waals surface area contributed by atoms with Crippen molar-refractivity contribution in [1.82, 2.24) is 19.8 Å². The molecule has 3 aromatic rings. The van der Waals surface area contributed by atoms with E-state index in [1.54, 1.807) is 29.2 Å². The lowest BCUT2D eigenvalue weighted by atomic mass is 9.84. The minimum absolute atomic E-state index is 0.0367. The van der Waals surface area contributed by atoms with Crippen molar-refractivity contribution < 1.29 is 14.4 Å². The molecule has 1 aromatic carbocycles. The average Bonchev–Trinajstić information content (AvgIpc) is 2.77. The van der Waals surface area contributed by atoms with Crippen LogP contribution < -0.4 is 10.9 Å². The molecule has 0 saturated carbocycles. The molecule has 4 rings (SSSR count). The molecule has 0 radical (unpaired) electrons. The predicted molar refractivity (Wildman–Crippen MR) is 124 cm³/mol. The number of aldehydes is 1. The van der Waals surface area contributed by atoms with Gasteiger partial charge in [0, 0.05) is 41.8 Å². The Kier molecular flexibility index (Phi) is 6.03. The number of benzene rings is 1. The third-order valence-electron chi connectivity index (χ3n) is 5.64. The molecule has 1 aliphatic rings. The van der Waals surface area contributed by atoms with Crippen LogP contribution in [-0.4, -0.2) is 45.6 Å².